The molecule has 4 nitrogen and oxygen atoms in total. The number of fused-ring (bicyclic) bond motifs is 1. The number of aromatic carboxylic acids is 1. The summed E-state index contributed by atoms with van der Waals surface area (Å²) >= 11 is 0. The van der Waals surface area contributed by atoms with Crippen LogP contribution in [0.2, 0.25) is 0 Å². The molecule has 0 saturated carbocycles. The zero-order valence-electron chi connectivity index (χ0n) is 11.2. The minimum Gasteiger partial charge on any atom is -0.478 e. The van der Waals surface area contributed by atoms with Crippen LogP contribution in [0.4, 0.5) is 0 Å². The van der Waals surface area contributed by atoms with Crippen molar-refractivity contribution in [2.75, 3.05) is 0 Å². The van der Waals surface area contributed by atoms with Crippen LogP contribution in [0, 0.1) is 6.92 Å². The summed E-state index contributed by atoms with van der Waals surface area (Å²) in [7, 11) is 0. The molecule has 1 aromatic carbocycles. The highest BCUT2D eigenvalue weighted by atomic mass is 16.4. The second-order valence-corrected chi connectivity index (χ2v) is 4.34. The normalized spacial score (nSPS) is 12.5. The van der Waals surface area contributed by atoms with Crippen LogP contribution in [-0.4, -0.2) is 21.0 Å². The lowest BCUT2D eigenvalue weighted by atomic mass is 10.1. The van der Waals surface area contributed by atoms with Crippen molar-refractivity contribution in [1.29, 1.82) is 0 Å². The third-order valence-electron chi connectivity index (χ3n) is 2.89. The van der Waals surface area contributed by atoms with E-state index < -0.39 is 5.97 Å². The van der Waals surface area contributed by atoms with Gasteiger partial charge in [0.2, 0.25) is 0 Å². The number of hydrogen-bond donors (Lipinski definition) is 2. The maximum Gasteiger partial charge on any atom is 0.337 e. The maximum absolute atomic E-state index is 11.3. The van der Waals surface area contributed by atoms with Crippen LogP contribution in [0.1, 0.15) is 35.6 Å². The zero-order valence-corrected chi connectivity index (χ0v) is 11.2. The van der Waals surface area contributed by atoms with Crippen molar-refractivity contribution in [3.63, 3.8) is 0 Å². The summed E-state index contributed by atoms with van der Waals surface area (Å²) in [6.07, 6.45) is 5.79. The van der Waals surface area contributed by atoms with Crippen molar-refractivity contribution in [3.8, 4) is 0 Å². The molecule has 0 radical (unpaired) electrons. The number of nitrogens with zero attached hydrogens (tertiary/aromatic N) is 1. The molecule has 2 N–H and O–H groups in total. The molecule has 0 aliphatic carbocycles. The van der Waals surface area contributed by atoms with Gasteiger partial charge in [-0.15, -0.1) is 0 Å². The Kier molecular flexibility index (Phi) is 3.51. The molecule has 2 aromatic rings. The molecule has 0 aliphatic rings. The number of aromatic amines is 1. The molecule has 0 unspecified atom stereocenters. The SMILES string of the molecule is CC=CC(=CC)c1nc2c(C(=O)O)cc(C)cc2[nH]1. The van der Waals surface area contributed by atoms with Gasteiger partial charge in [-0.1, -0.05) is 18.2 Å². The Balaban J connectivity index is 2.69. The summed E-state index contributed by atoms with van der Waals surface area (Å²) in [5.74, 6) is -0.275. The van der Waals surface area contributed by atoms with Crippen molar-refractivity contribution in [2.45, 2.75) is 20.8 Å². The first kappa shape index (κ1) is 13.1. The number of aryl methyl sites for hydroxylation is 1. The Morgan fingerprint density at radius 3 is 2.68 bits per heavy atom. The highest BCUT2D eigenvalue weighted by Crippen LogP contribution is 2.22. The summed E-state index contributed by atoms with van der Waals surface area (Å²) in [6.45, 7) is 5.72. The molecule has 0 aliphatic heterocycles. The molecule has 0 saturated heterocycles. The summed E-state index contributed by atoms with van der Waals surface area (Å²) in [4.78, 5) is 18.8. The Bertz CT molecular complexity index is 693. The van der Waals surface area contributed by atoms with Gasteiger partial charge in [0, 0.05) is 5.57 Å². The van der Waals surface area contributed by atoms with Crippen LogP contribution in [0.5, 0.6) is 0 Å². The van der Waals surface area contributed by atoms with Gasteiger partial charge in [0.15, 0.2) is 0 Å². The summed E-state index contributed by atoms with van der Waals surface area (Å²) in [5.41, 5.74) is 3.31. The lowest BCUT2D eigenvalue weighted by Gasteiger charge is -1.97. The largest absolute Gasteiger partial charge is 0.478 e. The van der Waals surface area contributed by atoms with E-state index in [9.17, 15) is 9.90 Å². The van der Waals surface area contributed by atoms with Gasteiger partial charge in [0.25, 0.3) is 0 Å². The van der Waals surface area contributed by atoms with Crippen LogP contribution in [0.25, 0.3) is 16.6 Å². The van der Waals surface area contributed by atoms with Crippen LogP contribution in [0.3, 0.4) is 0 Å². The number of nitrogens with one attached hydrogen (secondary N) is 1. The van der Waals surface area contributed by atoms with Crippen molar-refractivity contribution < 1.29 is 9.90 Å². The Morgan fingerprint density at radius 1 is 1.37 bits per heavy atom. The highest BCUT2D eigenvalue weighted by Gasteiger charge is 2.14. The number of aromatic nitrogens is 2. The average molecular weight is 256 g/mol. The molecular weight excluding hydrogens is 240 g/mol. The average Bonchev–Trinajstić information content (AvgIpc) is 2.77. The molecule has 0 atom stereocenters. The van der Waals surface area contributed by atoms with Crippen LogP contribution in [0.15, 0.2) is 30.4 Å². The predicted octanol–water partition coefficient (Wildman–Crippen LogP) is 3.55. The molecule has 0 fully saturated rings. The van der Waals surface area contributed by atoms with Crippen LogP contribution < -0.4 is 0 Å². The summed E-state index contributed by atoms with van der Waals surface area (Å²) < 4.78 is 0. The molecule has 0 bridgehead atoms. The lowest BCUT2D eigenvalue weighted by molar-refractivity contribution is 0.0698. The maximum atomic E-state index is 11.3. The molecule has 1 heterocycles. The molecular formula is C15H16N2O2. The van der Waals surface area contributed by atoms with Gasteiger partial charge in [-0.05, 0) is 38.5 Å². The third kappa shape index (κ3) is 2.42. The fraction of sp³-hybridized carbons (Fsp3) is 0.200. The number of carboxylic acid groups (broad SMARTS) is 1. The van der Waals surface area contributed by atoms with E-state index in [4.69, 9.17) is 0 Å². The lowest BCUT2D eigenvalue weighted by Crippen LogP contribution is -1.98. The van der Waals surface area contributed by atoms with E-state index in [-0.39, 0.29) is 5.56 Å². The minimum absolute atomic E-state index is 0.230. The number of hydrogen-bond acceptors (Lipinski definition) is 2. The second-order valence-electron chi connectivity index (χ2n) is 4.34. The number of allylic oxidation sites excluding steroid dienone is 4. The number of benzene rings is 1. The molecule has 19 heavy (non-hydrogen) atoms. The third-order valence-corrected chi connectivity index (χ3v) is 2.89. The number of H-pyrrole nitrogens is 1. The van der Waals surface area contributed by atoms with E-state index in [0.717, 1.165) is 16.7 Å². The Morgan fingerprint density at radius 2 is 2.11 bits per heavy atom. The fourth-order valence-corrected chi connectivity index (χ4v) is 2.05. The number of rotatable bonds is 3. The topological polar surface area (TPSA) is 66.0 Å². The van der Waals surface area contributed by atoms with E-state index in [0.29, 0.717) is 11.3 Å². The van der Waals surface area contributed by atoms with E-state index in [1.807, 2.05) is 45.1 Å². The molecule has 1 aromatic heterocycles. The minimum atomic E-state index is -0.959. The predicted molar refractivity (Wildman–Crippen MR) is 76.3 cm³/mol. The van der Waals surface area contributed by atoms with Gasteiger partial charge in [0.1, 0.15) is 11.3 Å². The van der Waals surface area contributed by atoms with Crippen molar-refractivity contribution in [3.05, 3.63) is 47.3 Å². The van der Waals surface area contributed by atoms with Crippen LogP contribution >= 0.6 is 0 Å². The second kappa shape index (κ2) is 5.10. The first-order chi connectivity index (χ1) is 9.06. The van der Waals surface area contributed by atoms with E-state index >= 15 is 0 Å². The molecule has 98 valence electrons. The standard InChI is InChI=1S/C15H16N2O2/c1-4-6-10(5-2)14-16-12-8-9(3)7-11(15(18)19)13(12)17-14/h4-8H,1-3H3,(H,16,17)(H,18,19). The highest BCUT2D eigenvalue weighted by molar-refractivity contribution is 6.02. The molecule has 4 heteroatoms. The van der Waals surface area contributed by atoms with E-state index in [1.165, 1.54) is 0 Å². The van der Waals surface area contributed by atoms with Gasteiger partial charge < -0.3 is 10.1 Å². The molecule has 0 spiro atoms. The Labute approximate surface area is 111 Å². The van der Waals surface area contributed by atoms with Gasteiger partial charge in [-0.3, -0.25) is 0 Å². The van der Waals surface area contributed by atoms with Crippen molar-refractivity contribution >= 4 is 22.6 Å². The number of carbonyl (C=O) groups is 1. The number of imidazole rings is 1. The smallest absolute Gasteiger partial charge is 0.337 e. The molecule has 2 rings (SSSR count). The van der Waals surface area contributed by atoms with E-state index in [2.05, 4.69) is 9.97 Å². The monoisotopic (exact) mass is 256 g/mol. The van der Waals surface area contributed by atoms with Gasteiger partial charge in [-0.2, -0.15) is 0 Å². The number of carboxylic acids is 1. The van der Waals surface area contributed by atoms with Gasteiger partial charge in [0.05, 0.1) is 11.1 Å². The quantitative estimate of drug-likeness (QED) is 0.825. The first-order valence-electron chi connectivity index (χ1n) is 6.10. The fourth-order valence-electron chi connectivity index (χ4n) is 2.05. The van der Waals surface area contributed by atoms with Gasteiger partial charge >= 0.3 is 5.97 Å². The Hall–Kier alpha value is -2.36. The summed E-state index contributed by atoms with van der Waals surface area (Å²) in [6, 6.07) is 3.54. The summed E-state index contributed by atoms with van der Waals surface area (Å²) in [5, 5.41) is 9.23. The van der Waals surface area contributed by atoms with Crippen molar-refractivity contribution in [2.24, 2.45) is 0 Å². The van der Waals surface area contributed by atoms with Gasteiger partial charge in [-0.25, -0.2) is 9.78 Å². The zero-order chi connectivity index (χ0) is 14.0. The van der Waals surface area contributed by atoms with Crippen LogP contribution in [-0.2, 0) is 0 Å². The van der Waals surface area contributed by atoms with Crippen molar-refractivity contribution in [1.82, 2.24) is 9.97 Å². The molecule has 0 amide bonds. The van der Waals surface area contributed by atoms with E-state index in [1.54, 1.807) is 6.07 Å². The first-order valence-corrected chi connectivity index (χ1v) is 6.10.